The number of nitrogens with one attached hydrogen (secondary N) is 2. The van der Waals surface area contributed by atoms with Crippen molar-refractivity contribution in [3.05, 3.63) is 57.8 Å². The van der Waals surface area contributed by atoms with Gasteiger partial charge in [0.05, 0.1) is 18.0 Å². The summed E-state index contributed by atoms with van der Waals surface area (Å²) in [5, 5.41) is 5.17. The zero-order valence-corrected chi connectivity index (χ0v) is 13.7. The summed E-state index contributed by atoms with van der Waals surface area (Å²) < 4.78 is 0. The highest BCUT2D eigenvalue weighted by molar-refractivity contribution is 7.10. The lowest BCUT2D eigenvalue weighted by Gasteiger charge is -2.17. The Kier molecular flexibility index (Phi) is 5.53. The number of hydrogen-bond acceptors (Lipinski definition) is 2. The molecule has 112 valence electrons. The molecule has 0 aliphatic heterocycles. The Morgan fingerprint density at radius 1 is 1.29 bits per heavy atom. The first-order valence-corrected chi connectivity index (χ1v) is 8.13. The van der Waals surface area contributed by atoms with E-state index in [1.165, 1.54) is 15.3 Å². The predicted octanol–water partition coefficient (Wildman–Crippen LogP) is 1.95. The van der Waals surface area contributed by atoms with Crippen LogP contribution in [0.3, 0.4) is 0 Å². The summed E-state index contributed by atoms with van der Waals surface area (Å²) >= 11 is 1.76. The van der Waals surface area contributed by atoms with Gasteiger partial charge in [-0.15, -0.1) is 11.3 Å². The van der Waals surface area contributed by atoms with Crippen molar-refractivity contribution in [1.29, 1.82) is 0 Å². The maximum Gasteiger partial charge on any atom is 0.275 e. The second kappa shape index (κ2) is 7.38. The van der Waals surface area contributed by atoms with Gasteiger partial charge >= 0.3 is 0 Å². The molecule has 0 aliphatic carbocycles. The van der Waals surface area contributed by atoms with Gasteiger partial charge in [0.25, 0.3) is 5.91 Å². The standard InChI is InChI=1S/C17H22N2OS/c1-13-9-10-21-16(13)11-19(3)12-17(20)18-14(2)15-7-5-4-6-8-15/h4-10,14H,11-12H2,1-3H3,(H,18,20)/p+1/t14-/m1/s1. The molecule has 0 fully saturated rings. The lowest BCUT2D eigenvalue weighted by atomic mass is 10.1. The van der Waals surface area contributed by atoms with Crippen LogP contribution < -0.4 is 10.2 Å². The minimum atomic E-state index is 0.0509. The fourth-order valence-corrected chi connectivity index (χ4v) is 3.33. The lowest BCUT2D eigenvalue weighted by Crippen LogP contribution is -3.08. The fraction of sp³-hybridized carbons (Fsp3) is 0.353. The first kappa shape index (κ1) is 15.7. The van der Waals surface area contributed by atoms with Crippen LogP contribution in [0, 0.1) is 6.92 Å². The van der Waals surface area contributed by atoms with Gasteiger partial charge < -0.3 is 10.2 Å². The Bertz CT molecular complexity index is 579. The van der Waals surface area contributed by atoms with Crippen LogP contribution in [0.1, 0.15) is 29.0 Å². The van der Waals surface area contributed by atoms with Crippen molar-refractivity contribution in [3.8, 4) is 0 Å². The van der Waals surface area contributed by atoms with Crippen molar-refractivity contribution >= 4 is 17.2 Å². The number of aryl methyl sites for hydroxylation is 1. The molecule has 0 spiro atoms. The van der Waals surface area contributed by atoms with E-state index in [-0.39, 0.29) is 11.9 Å². The molecule has 1 amide bonds. The first-order valence-electron chi connectivity index (χ1n) is 7.25. The molecule has 0 saturated heterocycles. The van der Waals surface area contributed by atoms with E-state index in [0.717, 1.165) is 12.1 Å². The topological polar surface area (TPSA) is 33.5 Å². The molecule has 0 aliphatic rings. The molecule has 21 heavy (non-hydrogen) atoms. The van der Waals surface area contributed by atoms with E-state index in [2.05, 4.69) is 30.7 Å². The molecule has 3 nitrogen and oxygen atoms in total. The van der Waals surface area contributed by atoms with E-state index in [1.807, 2.05) is 37.3 Å². The third-order valence-corrected chi connectivity index (χ3v) is 4.59. The minimum Gasteiger partial charge on any atom is -0.345 e. The molecule has 0 bridgehead atoms. The third kappa shape index (κ3) is 4.69. The highest BCUT2D eigenvalue weighted by Gasteiger charge is 2.15. The van der Waals surface area contributed by atoms with Gasteiger partial charge in [0.1, 0.15) is 6.54 Å². The number of thiophene rings is 1. The minimum absolute atomic E-state index is 0.0509. The predicted molar refractivity (Wildman–Crippen MR) is 87.5 cm³/mol. The number of quaternary nitrogens is 1. The van der Waals surface area contributed by atoms with Gasteiger partial charge in [-0.3, -0.25) is 4.79 Å². The van der Waals surface area contributed by atoms with Crippen LogP contribution in [0.25, 0.3) is 0 Å². The number of hydrogen-bond donors (Lipinski definition) is 2. The van der Waals surface area contributed by atoms with Crippen LogP contribution in [0.5, 0.6) is 0 Å². The van der Waals surface area contributed by atoms with E-state index >= 15 is 0 Å². The van der Waals surface area contributed by atoms with Crippen molar-refractivity contribution < 1.29 is 9.69 Å². The van der Waals surface area contributed by atoms with E-state index < -0.39 is 0 Å². The molecular formula is C17H23N2OS+. The van der Waals surface area contributed by atoms with Crippen LogP contribution in [-0.4, -0.2) is 19.5 Å². The lowest BCUT2D eigenvalue weighted by molar-refractivity contribution is -0.885. The van der Waals surface area contributed by atoms with Crippen molar-refractivity contribution in [2.75, 3.05) is 13.6 Å². The van der Waals surface area contributed by atoms with Crippen LogP contribution in [-0.2, 0) is 11.3 Å². The molecule has 1 aromatic heterocycles. The SMILES string of the molecule is Cc1ccsc1C[NH+](C)CC(=O)N[C@H](C)c1ccccc1. The Labute approximate surface area is 130 Å². The Morgan fingerprint density at radius 3 is 2.62 bits per heavy atom. The average molecular weight is 303 g/mol. The van der Waals surface area contributed by atoms with Gasteiger partial charge in [0, 0.05) is 0 Å². The summed E-state index contributed by atoms with van der Waals surface area (Å²) in [6.45, 7) is 5.54. The zero-order valence-electron chi connectivity index (χ0n) is 12.8. The molecule has 1 heterocycles. The second-order valence-corrected chi connectivity index (χ2v) is 6.54. The maximum absolute atomic E-state index is 12.1. The van der Waals surface area contributed by atoms with E-state index in [9.17, 15) is 4.79 Å². The molecule has 2 atom stereocenters. The maximum atomic E-state index is 12.1. The molecule has 4 heteroatoms. The number of carbonyl (C=O) groups is 1. The first-order chi connectivity index (χ1) is 10.1. The summed E-state index contributed by atoms with van der Waals surface area (Å²) in [5.74, 6) is 0.0954. The van der Waals surface area contributed by atoms with E-state index in [1.54, 1.807) is 11.3 Å². The number of rotatable bonds is 6. The van der Waals surface area contributed by atoms with Crippen LogP contribution in [0.15, 0.2) is 41.8 Å². The van der Waals surface area contributed by atoms with E-state index in [0.29, 0.717) is 6.54 Å². The summed E-state index contributed by atoms with van der Waals surface area (Å²) in [6, 6.07) is 12.2. The van der Waals surface area contributed by atoms with Gasteiger partial charge in [-0.25, -0.2) is 0 Å². The summed E-state index contributed by atoms with van der Waals surface area (Å²) in [7, 11) is 2.06. The normalized spacial score (nSPS) is 13.7. The van der Waals surface area contributed by atoms with Gasteiger partial charge in [0.2, 0.25) is 0 Å². The number of benzene rings is 1. The van der Waals surface area contributed by atoms with Crippen molar-refractivity contribution in [1.82, 2.24) is 5.32 Å². The molecule has 0 saturated carbocycles. The number of likely N-dealkylation sites (N-methyl/N-ethyl adjacent to an activating group) is 1. The Morgan fingerprint density at radius 2 is 2.00 bits per heavy atom. The molecule has 2 aromatic rings. The van der Waals surface area contributed by atoms with Gasteiger partial charge in [-0.2, -0.15) is 0 Å². The summed E-state index contributed by atoms with van der Waals surface area (Å²) in [4.78, 5) is 14.7. The highest BCUT2D eigenvalue weighted by atomic mass is 32.1. The monoisotopic (exact) mass is 303 g/mol. The summed E-state index contributed by atoms with van der Waals surface area (Å²) in [5.41, 5.74) is 2.45. The van der Waals surface area contributed by atoms with E-state index in [4.69, 9.17) is 0 Å². The molecule has 2 rings (SSSR count). The van der Waals surface area contributed by atoms with Crippen LogP contribution >= 0.6 is 11.3 Å². The van der Waals surface area contributed by atoms with Gasteiger partial charge in [-0.1, -0.05) is 30.3 Å². The molecule has 1 unspecified atom stereocenters. The fourth-order valence-electron chi connectivity index (χ4n) is 2.31. The number of amides is 1. The zero-order chi connectivity index (χ0) is 15.2. The summed E-state index contributed by atoms with van der Waals surface area (Å²) in [6.07, 6.45) is 0. The molecule has 0 radical (unpaired) electrons. The van der Waals surface area contributed by atoms with Crippen LogP contribution in [0.4, 0.5) is 0 Å². The van der Waals surface area contributed by atoms with Gasteiger partial charge in [0.15, 0.2) is 6.54 Å². The second-order valence-electron chi connectivity index (χ2n) is 5.54. The Hall–Kier alpha value is -1.65. The van der Waals surface area contributed by atoms with Crippen molar-refractivity contribution in [2.24, 2.45) is 0 Å². The highest BCUT2D eigenvalue weighted by Crippen LogP contribution is 2.13. The molecule has 1 aromatic carbocycles. The third-order valence-electron chi connectivity index (χ3n) is 3.57. The Balaban J connectivity index is 1.83. The number of carbonyl (C=O) groups excluding carboxylic acids is 1. The van der Waals surface area contributed by atoms with Crippen molar-refractivity contribution in [3.63, 3.8) is 0 Å². The quantitative estimate of drug-likeness (QED) is 0.840. The largest absolute Gasteiger partial charge is 0.345 e. The molecule has 2 N–H and O–H groups in total. The average Bonchev–Trinajstić information content (AvgIpc) is 2.84. The van der Waals surface area contributed by atoms with Crippen molar-refractivity contribution in [2.45, 2.75) is 26.4 Å². The smallest absolute Gasteiger partial charge is 0.275 e. The van der Waals surface area contributed by atoms with Crippen LogP contribution in [0.2, 0.25) is 0 Å². The van der Waals surface area contributed by atoms with Gasteiger partial charge in [-0.05, 0) is 36.4 Å². The molecular weight excluding hydrogens is 280 g/mol.